The summed E-state index contributed by atoms with van der Waals surface area (Å²) in [5.41, 5.74) is 0.672. The Bertz CT molecular complexity index is 1110. The Morgan fingerprint density at radius 2 is 1.89 bits per heavy atom. The molecule has 3 heterocycles. The van der Waals surface area contributed by atoms with Crippen LogP contribution in [-0.4, -0.2) is 81.6 Å². The molecule has 10 nitrogen and oxygen atoms in total. The van der Waals surface area contributed by atoms with Gasteiger partial charge in [0.2, 0.25) is 17.7 Å². The molecule has 1 spiro atoms. The van der Waals surface area contributed by atoms with Gasteiger partial charge in [0.15, 0.2) is 0 Å². The summed E-state index contributed by atoms with van der Waals surface area (Å²) in [6.07, 6.45) is 4.49. The number of fused-ring (bicyclic) bond motifs is 2. The second kappa shape index (κ2) is 10.7. The van der Waals surface area contributed by atoms with Crippen molar-refractivity contribution in [2.45, 2.75) is 81.4 Å². The molecule has 3 fully saturated rings. The zero-order chi connectivity index (χ0) is 27.0. The van der Waals surface area contributed by atoms with Gasteiger partial charge >= 0.3 is 6.09 Å². The molecule has 1 aromatic rings. The van der Waals surface area contributed by atoms with Crippen LogP contribution in [0, 0.1) is 5.41 Å². The standard InChI is InChI=1S/C27H36N4O6S/c1-16(30(2)26(35)36)23(32)29-19-10-14-38-21-15-27(11-5-6-12-27)22(31(21)25(19)34)24(33)28-18-9-13-37-20-8-4-3-7-17(18)20/h3-4,7-8,16,18-19,21-22H,5-6,9-15H2,1-2H3,(H,28,33)(H,29,32)(H,35,36)/t16?,18?,19-,21-,22+/m0/s1. The maximum atomic E-state index is 14.1. The van der Waals surface area contributed by atoms with Gasteiger partial charge in [0.05, 0.1) is 18.0 Å². The Morgan fingerprint density at radius 3 is 2.63 bits per heavy atom. The van der Waals surface area contributed by atoms with Crippen molar-refractivity contribution < 1.29 is 29.0 Å². The van der Waals surface area contributed by atoms with E-state index in [2.05, 4.69) is 10.6 Å². The van der Waals surface area contributed by atoms with Crippen molar-refractivity contribution in [2.24, 2.45) is 5.41 Å². The summed E-state index contributed by atoms with van der Waals surface area (Å²) in [7, 11) is 1.33. The largest absolute Gasteiger partial charge is 0.493 e. The van der Waals surface area contributed by atoms with Crippen LogP contribution in [0.15, 0.2) is 24.3 Å². The number of carboxylic acid groups (broad SMARTS) is 1. The van der Waals surface area contributed by atoms with Crippen molar-refractivity contribution >= 4 is 35.6 Å². The van der Waals surface area contributed by atoms with Crippen LogP contribution >= 0.6 is 11.8 Å². The van der Waals surface area contributed by atoms with Crippen molar-refractivity contribution in [3.8, 4) is 5.75 Å². The lowest BCUT2D eigenvalue weighted by atomic mass is 9.78. The van der Waals surface area contributed by atoms with Gasteiger partial charge in [-0.25, -0.2) is 4.79 Å². The molecule has 0 aromatic heterocycles. The van der Waals surface area contributed by atoms with Crippen LogP contribution in [0.5, 0.6) is 5.75 Å². The van der Waals surface area contributed by atoms with Crippen LogP contribution in [0.25, 0.3) is 0 Å². The number of para-hydroxylation sites is 1. The van der Waals surface area contributed by atoms with E-state index < -0.39 is 30.1 Å². The van der Waals surface area contributed by atoms with Crippen LogP contribution < -0.4 is 15.4 Å². The predicted octanol–water partition coefficient (Wildman–Crippen LogP) is 2.73. The van der Waals surface area contributed by atoms with Crippen molar-refractivity contribution in [3.63, 3.8) is 0 Å². The lowest BCUT2D eigenvalue weighted by Gasteiger charge is -2.37. The molecule has 4 amide bonds. The zero-order valence-electron chi connectivity index (χ0n) is 21.9. The van der Waals surface area contributed by atoms with Crippen LogP contribution in [0.2, 0.25) is 0 Å². The first kappa shape index (κ1) is 26.6. The van der Waals surface area contributed by atoms with Crippen LogP contribution in [0.3, 0.4) is 0 Å². The van der Waals surface area contributed by atoms with E-state index in [-0.39, 0.29) is 28.6 Å². The van der Waals surface area contributed by atoms with Gasteiger partial charge in [0, 0.05) is 24.4 Å². The van der Waals surface area contributed by atoms with Gasteiger partial charge in [-0.2, -0.15) is 0 Å². The first-order valence-corrected chi connectivity index (χ1v) is 14.5. The third-order valence-corrected chi connectivity index (χ3v) is 9.97. The molecule has 1 aromatic carbocycles. The molecule has 1 saturated carbocycles. The molecule has 11 heteroatoms. The topological polar surface area (TPSA) is 128 Å². The van der Waals surface area contributed by atoms with E-state index in [4.69, 9.17) is 4.74 Å². The molecule has 0 bridgehead atoms. The predicted molar refractivity (Wildman–Crippen MR) is 142 cm³/mol. The van der Waals surface area contributed by atoms with E-state index in [1.54, 1.807) is 16.7 Å². The number of hydrogen-bond donors (Lipinski definition) is 3. The minimum atomic E-state index is -1.22. The normalized spacial score (nSPS) is 28.5. The van der Waals surface area contributed by atoms with Crippen molar-refractivity contribution in [3.05, 3.63) is 29.8 Å². The van der Waals surface area contributed by atoms with Gasteiger partial charge in [-0.3, -0.25) is 19.3 Å². The summed E-state index contributed by atoms with van der Waals surface area (Å²) in [6.45, 7) is 2.00. The van der Waals surface area contributed by atoms with Gasteiger partial charge in [-0.1, -0.05) is 31.0 Å². The third kappa shape index (κ3) is 4.81. The van der Waals surface area contributed by atoms with E-state index in [1.807, 2.05) is 24.3 Å². The molecule has 2 unspecified atom stereocenters. The third-order valence-electron chi connectivity index (χ3n) is 8.72. The fourth-order valence-electron chi connectivity index (χ4n) is 6.52. The summed E-state index contributed by atoms with van der Waals surface area (Å²) < 4.78 is 5.78. The highest BCUT2D eigenvalue weighted by molar-refractivity contribution is 7.99. The molecule has 1 aliphatic carbocycles. The van der Waals surface area contributed by atoms with Gasteiger partial charge in [-0.15, -0.1) is 11.8 Å². The van der Waals surface area contributed by atoms with E-state index in [9.17, 15) is 24.3 Å². The molecular formula is C27H36N4O6S. The molecule has 5 atom stereocenters. The summed E-state index contributed by atoms with van der Waals surface area (Å²) in [6, 6.07) is 5.17. The van der Waals surface area contributed by atoms with Crippen molar-refractivity contribution in [1.82, 2.24) is 20.4 Å². The Labute approximate surface area is 226 Å². The Balaban J connectivity index is 1.39. The van der Waals surface area contributed by atoms with E-state index >= 15 is 0 Å². The second-order valence-electron chi connectivity index (χ2n) is 10.9. The number of ether oxygens (including phenoxy) is 1. The molecule has 38 heavy (non-hydrogen) atoms. The number of carbonyl (C=O) groups is 4. The fourth-order valence-corrected chi connectivity index (χ4v) is 8.00. The average molecular weight is 545 g/mol. The van der Waals surface area contributed by atoms with Crippen molar-refractivity contribution in [1.29, 1.82) is 0 Å². The highest BCUT2D eigenvalue weighted by atomic mass is 32.2. The Kier molecular flexibility index (Phi) is 7.48. The maximum Gasteiger partial charge on any atom is 0.407 e. The van der Waals surface area contributed by atoms with Gasteiger partial charge in [0.25, 0.3) is 0 Å². The second-order valence-corrected chi connectivity index (χ2v) is 12.2. The summed E-state index contributed by atoms with van der Waals surface area (Å²) >= 11 is 1.67. The van der Waals surface area contributed by atoms with E-state index in [0.717, 1.165) is 48.3 Å². The quantitative estimate of drug-likeness (QED) is 0.520. The highest BCUT2D eigenvalue weighted by Gasteiger charge is 2.59. The smallest absolute Gasteiger partial charge is 0.407 e. The number of hydrogen-bond acceptors (Lipinski definition) is 6. The number of nitrogens with zero attached hydrogens (tertiary/aromatic N) is 2. The minimum absolute atomic E-state index is 0.126. The van der Waals surface area contributed by atoms with Gasteiger partial charge in [0.1, 0.15) is 23.9 Å². The number of nitrogens with one attached hydrogen (secondary N) is 2. The lowest BCUT2D eigenvalue weighted by Crippen LogP contribution is -2.58. The van der Waals surface area contributed by atoms with E-state index in [1.165, 1.54) is 14.0 Å². The molecular weight excluding hydrogens is 508 g/mol. The van der Waals surface area contributed by atoms with Crippen molar-refractivity contribution in [2.75, 3.05) is 19.4 Å². The van der Waals surface area contributed by atoms with Crippen LogP contribution in [0.4, 0.5) is 4.79 Å². The average Bonchev–Trinajstić information content (AvgIpc) is 3.47. The molecule has 3 aliphatic heterocycles. The van der Waals surface area contributed by atoms with E-state index in [0.29, 0.717) is 25.2 Å². The molecule has 4 aliphatic rings. The molecule has 3 N–H and O–H groups in total. The summed E-state index contributed by atoms with van der Waals surface area (Å²) in [4.78, 5) is 54.9. The van der Waals surface area contributed by atoms with Crippen LogP contribution in [0.1, 0.15) is 63.5 Å². The molecule has 2 saturated heterocycles. The highest BCUT2D eigenvalue weighted by Crippen LogP contribution is 2.55. The SMILES string of the molecule is CC(C(=O)N[C@H]1CCS[C@H]2CC3(CCCC3)[C@@H](C(=O)NC3CCOc4ccccc43)N2C1=O)N(C)C(=O)O. The monoisotopic (exact) mass is 544 g/mol. The Hall–Kier alpha value is -2.95. The molecule has 5 rings (SSSR count). The number of thioether (sulfide) groups is 1. The summed E-state index contributed by atoms with van der Waals surface area (Å²) in [5.74, 6) is 0.518. The first-order valence-electron chi connectivity index (χ1n) is 13.4. The summed E-state index contributed by atoms with van der Waals surface area (Å²) in [5, 5.41) is 15.2. The molecule has 206 valence electrons. The zero-order valence-corrected chi connectivity index (χ0v) is 22.7. The van der Waals surface area contributed by atoms with Crippen LogP contribution in [-0.2, 0) is 14.4 Å². The fraction of sp³-hybridized carbons (Fsp3) is 0.630. The minimum Gasteiger partial charge on any atom is -0.493 e. The molecule has 0 radical (unpaired) electrons. The van der Waals surface area contributed by atoms with Gasteiger partial charge in [-0.05, 0) is 44.4 Å². The number of carbonyl (C=O) groups excluding carboxylic acids is 3. The Morgan fingerprint density at radius 1 is 1.16 bits per heavy atom. The number of amides is 4. The number of benzene rings is 1. The number of likely N-dealkylation sites (N-methyl/N-ethyl adjacent to an activating group) is 1. The lowest BCUT2D eigenvalue weighted by molar-refractivity contribution is -0.144. The number of rotatable bonds is 5. The van der Waals surface area contributed by atoms with Gasteiger partial charge < -0.3 is 25.4 Å². The maximum absolute atomic E-state index is 14.1. The first-order chi connectivity index (χ1) is 18.2.